The van der Waals surface area contributed by atoms with E-state index in [2.05, 4.69) is 33.3 Å². The number of benzene rings is 2. The van der Waals surface area contributed by atoms with Crippen LogP contribution < -0.4 is 5.73 Å². The van der Waals surface area contributed by atoms with E-state index in [0.717, 1.165) is 22.3 Å². The summed E-state index contributed by atoms with van der Waals surface area (Å²) < 4.78 is 3.47. The number of rotatable bonds is 5. The molecule has 0 spiro atoms. The van der Waals surface area contributed by atoms with Crippen LogP contribution in [-0.2, 0) is 13.5 Å². The highest BCUT2D eigenvalue weighted by Crippen LogP contribution is 2.32. The van der Waals surface area contributed by atoms with E-state index < -0.39 is 0 Å². The second-order valence-electron chi connectivity index (χ2n) is 8.48. The Morgan fingerprint density at radius 2 is 1.84 bits per heavy atom. The summed E-state index contributed by atoms with van der Waals surface area (Å²) in [6.45, 7) is 0. The van der Waals surface area contributed by atoms with Crippen molar-refractivity contribution in [1.29, 1.82) is 5.26 Å². The fraction of sp³-hybridized carbons (Fsp3) is 0.0741. The summed E-state index contributed by atoms with van der Waals surface area (Å²) in [4.78, 5) is 18.0. The van der Waals surface area contributed by atoms with Crippen LogP contribution in [0.5, 0.6) is 0 Å². The van der Waals surface area contributed by atoms with E-state index >= 15 is 0 Å². The van der Waals surface area contributed by atoms with Crippen LogP contribution in [-0.4, -0.2) is 39.3 Å². The lowest BCUT2D eigenvalue weighted by molar-refractivity contribution is 0.768. The summed E-state index contributed by atoms with van der Waals surface area (Å²) in [5, 5.41) is 18.4. The molecule has 2 aromatic carbocycles. The van der Waals surface area contributed by atoms with Crippen LogP contribution in [0.3, 0.4) is 0 Å². The first-order valence-corrected chi connectivity index (χ1v) is 11.5. The molecule has 0 aliphatic heterocycles. The van der Waals surface area contributed by atoms with E-state index in [1.165, 1.54) is 6.33 Å². The average molecular weight is 485 g/mol. The summed E-state index contributed by atoms with van der Waals surface area (Å²) in [6, 6.07) is 19.2. The summed E-state index contributed by atoms with van der Waals surface area (Å²) >= 11 is 0. The molecule has 178 valence electrons. The molecule has 4 heterocycles. The number of nitrogens with two attached hydrogens (primary N) is 1. The van der Waals surface area contributed by atoms with Gasteiger partial charge in [0.25, 0.3) is 0 Å². The number of fused-ring (bicyclic) bond motifs is 1. The van der Waals surface area contributed by atoms with Crippen LogP contribution in [0.2, 0.25) is 0 Å². The minimum Gasteiger partial charge on any atom is -0.381 e. The Balaban J connectivity index is 1.52. The van der Waals surface area contributed by atoms with Crippen molar-refractivity contribution in [2.24, 2.45) is 7.05 Å². The van der Waals surface area contributed by atoms with Gasteiger partial charge in [0, 0.05) is 37.0 Å². The molecular formula is C27H20N10. The first-order chi connectivity index (χ1) is 18.1. The molecule has 0 bridgehead atoms. The number of nitrogens with zero attached hydrogens (tertiary/aromatic N) is 9. The molecule has 0 aliphatic rings. The fourth-order valence-corrected chi connectivity index (χ4v) is 4.33. The van der Waals surface area contributed by atoms with Gasteiger partial charge in [0.1, 0.15) is 17.7 Å². The second kappa shape index (κ2) is 8.98. The molecule has 6 aromatic rings. The summed E-state index contributed by atoms with van der Waals surface area (Å²) in [6.07, 6.45) is 7.45. The zero-order valence-corrected chi connectivity index (χ0v) is 19.8. The van der Waals surface area contributed by atoms with Crippen molar-refractivity contribution in [2.75, 3.05) is 5.73 Å². The van der Waals surface area contributed by atoms with E-state index in [1.807, 2.05) is 43.7 Å². The molecule has 0 saturated carbocycles. The third-order valence-electron chi connectivity index (χ3n) is 6.04. The third-order valence-corrected chi connectivity index (χ3v) is 6.04. The molecule has 0 saturated heterocycles. The van der Waals surface area contributed by atoms with Crippen molar-refractivity contribution >= 4 is 11.5 Å². The van der Waals surface area contributed by atoms with Crippen LogP contribution in [0.25, 0.3) is 39.4 Å². The normalized spacial score (nSPS) is 11.0. The lowest BCUT2D eigenvalue weighted by Gasteiger charge is -2.11. The highest BCUT2D eigenvalue weighted by Gasteiger charge is 2.21. The molecule has 0 fully saturated rings. The number of aromatic nitrogens is 8. The van der Waals surface area contributed by atoms with Gasteiger partial charge in [-0.3, -0.25) is 4.68 Å². The minimum absolute atomic E-state index is 0.247. The predicted molar refractivity (Wildman–Crippen MR) is 138 cm³/mol. The number of nitriles is 1. The largest absolute Gasteiger partial charge is 0.381 e. The zero-order valence-electron chi connectivity index (χ0n) is 19.8. The smallest absolute Gasteiger partial charge is 0.198 e. The Hall–Kier alpha value is -5.43. The van der Waals surface area contributed by atoms with Crippen LogP contribution >= 0.6 is 0 Å². The SMILES string of the molecule is Cn1cc(-c2ccccc2Cc2nc3c(N)nc(-c4ccc(C#N)cc4)c(-c4ccncn4)n3n2)cn1. The Labute approximate surface area is 211 Å². The van der Waals surface area contributed by atoms with Gasteiger partial charge in [-0.05, 0) is 29.3 Å². The molecule has 0 radical (unpaired) electrons. The number of nitrogen functional groups attached to an aromatic ring is 1. The van der Waals surface area contributed by atoms with Gasteiger partial charge in [0.05, 0.1) is 23.5 Å². The Morgan fingerprint density at radius 1 is 1.00 bits per heavy atom. The maximum atomic E-state index is 9.20. The molecular weight excluding hydrogens is 464 g/mol. The molecule has 0 unspecified atom stereocenters. The number of anilines is 1. The van der Waals surface area contributed by atoms with Crippen LogP contribution in [0.4, 0.5) is 5.82 Å². The number of hydrogen-bond donors (Lipinski definition) is 1. The molecule has 10 heteroatoms. The summed E-state index contributed by atoms with van der Waals surface area (Å²) in [5.41, 5.74) is 13.2. The molecule has 2 N–H and O–H groups in total. The van der Waals surface area contributed by atoms with Crippen molar-refractivity contribution in [3.8, 4) is 39.8 Å². The van der Waals surface area contributed by atoms with E-state index in [1.54, 1.807) is 33.6 Å². The Kier molecular flexibility index (Phi) is 5.35. The lowest BCUT2D eigenvalue weighted by Crippen LogP contribution is -2.06. The van der Waals surface area contributed by atoms with Gasteiger partial charge >= 0.3 is 0 Å². The predicted octanol–water partition coefficient (Wildman–Crippen LogP) is 3.69. The van der Waals surface area contributed by atoms with Crippen LogP contribution in [0.15, 0.2) is 79.5 Å². The molecule has 0 atom stereocenters. The van der Waals surface area contributed by atoms with Crippen molar-refractivity contribution in [1.82, 2.24) is 39.3 Å². The number of hydrogen-bond acceptors (Lipinski definition) is 8. The lowest BCUT2D eigenvalue weighted by atomic mass is 10.00. The van der Waals surface area contributed by atoms with Gasteiger partial charge in [0.2, 0.25) is 0 Å². The van der Waals surface area contributed by atoms with Gasteiger partial charge < -0.3 is 5.73 Å². The highest BCUT2D eigenvalue weighted by molar-refractivity contribution is 5.81. The van der Waals surface area contributed by atoms with Gasteiger partial charge in [-0.1, -0.05) is 36.4 Å². The Morgan fingerprint density at radius 3 is 2.57 bits per heavy atom. The maximum absolute atomic E-state index is 9.20. The van der Waals surface area contributed by atoms with E-state index in [9.17, 15) is 5.26 Å². The third kappa shape index (κ3) is 4.04. The molecule has 4 aromatic heterocycles. The van der Waals surface area contributed by atoms with Crippen molar-refractivity contribution in [2.45, 2.75) is 6.42 Å². The van der Waals surface area contributed by atoms with Gasteiger partial charge in [-0.15, -0.1) is 0 Å². The van der Waals surface area contributed by atoms with Crippen LogP contribution in [0, 0.1) is 11.3 Å². The topological polar surface area (TPSA) is 136 Å². The van der Waals surface area contributed by atoms with Crippen LogP contribution in [0.1, 0.15) is 17.0 Å². The highest BCUT2D eigenvalue weighted by atomic mass is 15.3. The summed E-state index contributed by atoms with van der Waals surface area (Å²) in [5.74, 6) is 0.841. The zero-order chi connectivity index (χ0) is 25.4. The Bertz CT molecular complexity index is 1780. The fourth-order valence-electron chi connectivity index (χ4n) is 4.33. The molecule has 0 amide bonds. The molecule has 37 heavy (non-hydrogen) atoms. The van der Waals surface area contributed by atoms with Gasteiger partial charge in [-0.2, -0.15) is 15.5 Å². The van der Waals surface area contributed by atoms with E-state index in [4.69, 9.17) is 20.8 Å². The maximum Gasteiger partial charge on any atom is 0.198 e. The minimum atomic E-state index is 0.247. The van der Waals surface area contributed by atoms with Gasteiger partial charge in [0.15, 0.2) is 17.3 Å². The van der Waals surface area contributed by atoms with Gasteiger partial charge in [-0.25, -0.2) is 24.5 Å². The quantitative estimate of drug-likeness (QED) is 0.391. The molecule has 10 nitrogen and oxygen atoms in total. The second-order valence-corrected chi connectivity index (χ2v) is 8.48. The standard InChI is InChI=1S/C27H20N10/c1-36-15-20(14-32-36)21-5-3-2-4-19(21)12-23-33-27-26(29)34-24(18-8-6-17(13-28)7-9-18)25(37(27)35-23)22-10-11-30-16-31-22/h2-11,14-16H,12H2,1H3,(H2,29,34). The average Bonchev–Trinajstić information content (AvgIpc) is 3.56. The van der Waals surface area contributed by atoms with Crippen molar-refractivity contribution in [3.05, 3.63) is 96.5 Å². The van der Waals surface area contributed by atoms with Crippen molar-refractivity contribution < 1.29 is 0 Å². The van der Waals surface area contributed by atoms with Crippen molar-refractivity contribution in [3.63, 3.8) is 0 Å². The monoisotopic (exact) mass is 484 g/mol. The first kappa shape index (κ1) is 22.1. The summed E-state index contributed by atoms with van der Waals surface area (Å²) in [7, 11) is 1.89. The first-order valence-electron chi connectivity index (χ1n) is 11.5. The molecule has 0 aliphatic carbocycles. The number of aryl methyl sites for hydroxylation is 1. The van der Waals surface area contributed by atoms with E-state index in [0.29, 0.717) is 40.5 Å². The molecule has 6 rings (SSSR count). The van der Waals surface area contributed by atoms with E-state index in [-0.39, 0.29) is 5.82 Å².